The summed E-state index contributed by atoms with van der Waals surface area (Å²) in [5.41, 5.74) is 3.00. The van der Waals surface area contributed by atoms with Crippen LogP contribution in [0.3, 0.4) is 0 Å². The summed E-state index contributed by atoms with van der Waals surface area (Å²) in [5, 5.41) is 9.32. The Kier molecular flexibility index (Phi) is 6.05. The van der Waals surface area contributed by atoms with Crippen molar-refractivity contribution < 1.29 is 5.11 Å². The van der Waals surface area contributed by atoms with Crippen LogP contribution in [0.25, 0.3) is 0 Å². The van der Waals surface area contributed by atoms with Crippen molar-refractivity contribution in [2.75, 3.05) is 6.61 Å². The molecule has 0 radical (unpaired) electrons. The number of rotatable bonds is 6. The van der Waals surface area contributed by atoms with E-state index in [1.807, 2.05) is 5.57 Å². The summed E-state index contributed by atoms with van der Waals surface area (Å²) < 4.78 is 0. The molecular formula is C27H46O. The van der Waals surface area contributed by atoms with Crippen molar-refractivity contribution in [1.29, 1.82) is 0 Å². The average Bonchev–Trinajstić information content (AvgIpc) is 3.04. The van der Waals surface area contributed by atoms with Gasteiger partial charge in [0.25, 0.3) is 0 Å². The molecule has 0 aliphatic heterocycles. The Morgan fingerprint density at radius 1 is 1.04 bits per heavy atom. The minimum atomic E-state index is 0.356. The summed E-state index contributed by atoms with van der Waals surface area (Å²) in [7, 11) is 0. The van der Waals surface area contributed by atoms with Crippen molar-refractivity contribution in [2.24, 2.45) is 46.3 Å². The van der Waals surface area contributed by atoms with Crippen molar-refractivity contribution in [3.05, 3.63) is 11.6 Å². The minimum Gasteiger partial charge on any atom is -0.396 e. The van der Waals surface area contributed by atoms with E-state index < -0.39 is 0 Å². The summed E-state index contributed by atoms with van der Waals surface area (Å²) in [4.78, 5) is 0. The Labute approximate surface area is 174 Å². The molecule has 3 saturated carbocycles. The van der Waals surface area contributed by atoms with Gasteiger partial charge < -0.3 is 5.11 Å². The van der Waals surface area contributed by atoms with Crippen LogP contribution in [0, 0.1) is 46.3 Å². The first kappa shape index (κ1) is 21.0. The lowest BCUT2D eigenvalue weighted by Crippen LogP contribution is -2.50. The highest BCUT2D eigenvalue weighted by Crippen LogP contribution is 2.67. The van der Waals surface area contributed by atoms with Gasteiger partial charge in [-0.05, 0) is 104 Å². The Bertz CT molecular complexity index is 579. The zero-order valence-corrected chi connectivity index (χ0v) is 19.2. The van der Waals surface area contributed by atoms with Gasteiger partial charge in [-0.3, -0.25) is 0 Å². The van der Waals surface area contributed by atoms with Crippen LogP contribution in [-0.2, 0) is 0 Å². The summed E-state index contributed by atoms with van der Waals surface area (Å²) >= 11 is 0. The molecular weight excluding hydrogens is 340 g/mol. The average molecular weight is 387 g/mol. The van der Waals surface area contributed by atoms with Crippen LogP contribution in [0.2, 0.25) is 0 Å². The highest BCUT2D eigenvalue weighted by Gasteiger charge is 2.58. The second-order valence-corrected chi connectivity index (χ2v) is 11.9. The molecule has 3 fully saturated rings. The second kappa shape index (κ2) is 8.09. The Balaban J connectivity index is 1.45. The fraction of sp³-hybridized carbons (Fsp3) is 0.926. The molecule has 4 aliphatic carbocycles. The van der Waals surface area contributed by atoms with Gasteiger partial charge in [-0.25, -0.2) is 0 Å². The predicted molar refractivity (Wildman–Crippen MR) is 119 cm³/mol. The molecule has 0 spiro atoms. The quantitative estimate of drug-likeness (QED) is 0.472. The topological polar surface area (TPSA) is 20.2 Å². The van der Waals surface area contributed by atoms with Crippen LogP contribution < -0.4 is 0 Å². The predicted octanol–water partition coefficient (Wildman–Crippen LogP) is 7.39. The molecule has 0 saturated heterocycles. The molecule has 1 nitrogen and oxygen atoms in total. The first-order valence-corrected chi connectivity index (χ1v) is 12.7. The number of fused-ring (bicyclic) bond motifs is 5. The molecule has 1 heteroatoms. The molecule has 28 heavy (non-hydrogen) atoms. The van der Waals surface area contributed by atoms with E-state index in [4.69, 9.17) is 0 Å². The van der Waals surface area contributed by atoms with E-state index in [9.17, 15) is 5.11 Å². The Hall–Kier alpha value is -0.300. The van der Waals surface area contributed by atoms with Crippen LogP contribution in [0.1, 0.15) is 105 Å². The van der Waals surface area contributed by atoms with Crippen molar-refractivity contribution >= 4 is 0 Å². The molecule has 1 unspecified atom stereocenters. The lowest BCUT2D eigenvalue weighted by molar-refractivity contribution is -0.0500. The van der Waals surface area contributed by atoms with Crippen molar-refractivity contribution in [3.8, 4) is 0 Å². The van der Waals surface area contributed by atoms with Gasteiger partial charge >= 0.3 is 0 Å². The van der Waals surface area contributed by atoms with Gasteiger partial charge in [-0.1, -0.05) is 58.6 Å². The van der Waals surface area contributed by atoms with Gasteiger partial charge in [0, 0.05) is 6.61 Å². The van der Waals surface area contributed by atoms with E-state index in [1.54, 1.807) is 0 Å². The molecule has 4 aliphatic rings. The van der Waals surface area contributed by atoms with Gasteiger partial charge in [0.05, 0.1) is 0 Å². The smallest absolute Gasteiger partial charge is 0.0456 e. The zero-order chi connectivity index (χ0) is 19.9. The molecule has 4 rings (SSSR count). The summed E-state index contributed by atoms with van der Waals surface area (Å²) in [6.45, 7) is 10.4. The maximum absolute atomic E-state index is 9.32. The molecule has 1 N–H and O–H groups in total. The van der Waals surface area contributed by atoms with E-state index in [2.05, 4.69) is 33.8 Å². The lowest BCUT2D eigenvalue weighted by Gasteiger charge is -2.58. The molecule has 0 heterocycles. The van der Waals surface area contributed by atoms with E-state index >= 15 is 0 Å². The van der Waals surface area contributed by atoms with Gasteiger partial charge in [0.1, 0.15) is 0 Å². The molecule has 0 amide bonds. The first-order valence-electron chi connectivity index (χ1n) is 12.7. The third-order valence-electron chi connectivity index (χ3n) is 10.4. The van der Waals surface area contributed by atoms with Crippen LogP contribution in [-0.4, -0.2) is 11.7 Å². The minimum absolute atomic E-state index is 0.356. The highest BCUT2D eigenvalue weighted by molar-refractivity contribution is 5.24. The van der Waals surface area contributed by atoms with Gasteiger partial charge in [-0.15, -0.1) is 0 Å². The van der Waals surface area contributed by atoms with E-state index in [1.165, 1.54) is 77.0 Å². The number of hydrogen-bond acceptors (Lipinski definition) is 1. The Morgan fingerprint density at radius 3 is 2.64 bits per heavy atom. The van der Waals surface area contributed by atoms with Gasteiger partial charge in [-0.2, -0.15) is 0 Å². The summed E-state index contributed by atoms with van der Waals surface area (Å²) in [5.74, 6) is 5.20. The largest absolute Gasteiger partial charge is 0.396 e. The number of hydrogen-bond donors (Lipinski definition) is 1. The maximum Gasteiger partial charge on any atom is 0.0456 e. The van der Waals surface area contributed by atoms with Crippen LogP contribution in [0.4, 0.5) is 0 Å². The monoisotopic (exact) mass is 386 g/mol. The maximum atomic E-state index is 9.32. The third kappa shape index (κ3) is 3.42. The highest BCUT2D eigenvalue weighted by atomic mass is 16.3. The first-order chi connectivity index (χ1) is 13.4. The molecule has 8 atom stereocenters. The summed E-state index contributed by atoms with van der Waals surface area (Å²) in [6, 6.07) is 0. The van der Waals surface area contributed by atoms with E-state index in [0.717, 1.165) is 29.6 Å². The fourth-order valence-electron chi connectivity index (χ4n) is 8.75. The molecule has 0 aromatic heterocycles. The van der Waals surface area contributed by atoms with Crippen LogP contribution in [0.15, 0.2) is 11.6 Å². The molecule has 0 aromatic rings. The number of aliphatic hydroxyl groups excluding tert-OH is 1. The standard InChI is InChI=1S/C27H46O/c1-19(18-28)8-7-9-20(2)23-13-14-24-22-12-11-21-10-5-6-16-26(21,3)25(22)15-17-27(23,24)4/h11,19-20,22-25,28H,5-10,12-18H2,1-4H3/t19?,20-,22+,23-,24+,25+,26+,27-/m1/s1. The third-order valence-corrected chi connectivity index (χ3v) is 10.4. The normalized spacial score (nSPS) is 44.8. The number of allylic oxidation sites excluding steroid dienone is 2. The van der Waals surface area contributed by atoms with Crippen molar-refractivity contribution in [1.82, 2.24) is 0 Å². The molecule has 160 valence electrons. The zero-order valence-electron chi connectivity index (χ0n) is 19.2. The molecule has 0 aromatic carbocycles. The van der Waals surface area contributed by atoms with E-state index in [-0.39, 0.29) is 0 Å². The SMILES string of the molecule is CC(CO)CCC[C@@H](C)[C@H]1CC[C@H]2[C@@H]3CC=C4CCCC[C@]4(C)[C@H]3CC[C@]12C. The second-order valence-electron chi connectivity index (χ2n) is 11.9. The van der Waals surface area contributed by atoms with Crippen molar-refractivity contribution in [3.63, 3.8) is 0 Å². The number of aliphatic hydroxyl groups is 1. The summed E-state index contributed by atoms with van der Waals surface area (Å²) in [6.07, 6.45) is 19.7. The van der Waals surface area contributed by atoms with Crippen molar-refractivity contribution in [2.45, 2.75) is 105 Å². The molecule has 0 bridgehead atoms. The van der Waals surface area contributed by atoms with Gasteiger partial charge in [0.15, 0.2) is 0 Å². The van der Waals surface area contributed by atoms with Crippen LogP contribution >= 0.6 is 0 Å². The van der Waals surface area contributed by atoms with Crippen LogP contribution in [0.5, 0.6) is 0 Å². The Morgan fingerprint density at radius 2 is 1.86 bits per heavy atom. The van der Waals surface area contributed by atoms with E-state index in [0.29, 0.717) is 23.4 Å². The lowest BCUT2D eigenvalue weighted by atomic mass is 9.47. The fourth-order valence-corrected chi connectivity index (χ4v) is 8.75. The van der Waals surface area contributed by atoms with Gasteiger partial charge in [0.2, 0.25) is 0 Å².